The first kappa shape index (κ1) is 13.8. The van der Waals surface area contributed by atoms with Crippen molar-refractivity contribution in [3.63, 3.8) is 0 Å². The second kappa shape index (κ2) is 4.94. The SMILES string of the molecule is Nn1ccc2c(cnc3nc(-c4ccc5c(c4)OCCO5)nn32)c1=O. The van der Waals surface area contributed by atoms with Crippen LogP contribution in [0.1, 0.15) is 0 Å². The number of benzene rings is 1. The quantitative estimate of drug-likeness (QED) is 0.507. The molecule has 1 aliphatic heterocycles. The van der Waals surface area contributed by atoms with Crippen molar-refractivity contribution >= 4 is 16.7 Å². The average molecular weight is 336 g/mol. The molecule has 0 bridgehead atoms. The van der Waals surface area contributed by atoms with Gasteiger partial charge in [-0.1, -0.05) is 0 Å². The van der Waals surface area contributed by atoms with Gasteiger partial charge in [-0.25, -0.2) is 9.66 Å². The van der Waals surface area contributed by atoms with Crippen molar-refractivity contribution in [1.29, 1.82) is 0 Å². The van der Waals surface area contributed by atoms with E-state index >= 15 is 0 Å². The maximum absolute atomic E-state index is 12.1. The number of hydrogen-bond donors (Lipinski definition) is 1. The summed E-state index contributed by atoms with van der Waals surface area (Å²) in [6, 6.07) is 7.22. The zero-order chi connectivity index (χ0) is 17.0. The molecule has 4 aromatic rings. The molecule has 2 N–H and O–H groups in total. The van der Waals surface area contributed by atoms with Gasteiger partial charge in [-0.05, 0) is 24.3 Å². The van der Waals surface area contributed by atoms with E-state index in [1.165, 1.54) is 16.9 Å². The minimum atomic E-state index is -0.344. The van der Waals surface area contributed by atoms with Crippen LogP contribution in [0.15, 0.2) is 41.5 Å². The van der Waals surface area contributed by atoms with Crippen molar-refractivity contribution in [2.75, 3.05) is 19.1 Å². The van der Waals surface area contributed by atoms with E-state index in [0.717, 1.165) is 10.2 Å². The molecule has 5 rings (SSSR count). The van der Waals surface area contributed by atoms with Gasteiger partial charge in [-0.15, -0.1) is 5.10 Å². The van der Waals surface area contributed by atoms with Crippen LogP contribution in [0.3, 0.4) is 0 Å². The zero-order valence-electron chi connectivity index (χ0n) is 12.9. The molecule has 0 saturated carbocycles. The number of rotatable bonds is 1. The van der Waals surface area contributed by atoms with Crippen LogP contribution < -0.4 is 20.9 Å². The number of pyridine rings is 1. The molecule has 0 spiro atoms. The predicted octanol–water partition coefficient (Wildman–Crippen LogP) is 0.591. The Morgan fingerprint density at radius 2 is 1.96 bits per heavy atom. The van der Waals surface area contributed by atoms with Gasteiger partial charge in [-0.2, -0.15) is 9.50 Å². The Bertz CT molecular complexity index is 1200. The summed E-state index contributed by atoms with van der Waals surface area (Å²) in [6.45, 7) is 1.04. The van der Waals surface area contributed by atoms with Crippen molar-refractivity contribution < 1.29 is 9.47 Å². The highest BCUT2D eigenvalue weighted by atomic mass is 16.6. The van der Waals surface area contributed by atoms with Crippen molar-refractivity contribution in [1.82, 2.24) is 24.3 Å². The van der Waals surface area contributed by atoms with E-state index in [4.69, 9.17) is 15.3 Å². The van der Waals surface area contributed by atoms with Crippen LogP contribution in [0.2, 0.25) is 0 Å². The largest absolute Gasteiger partial charge is 0.486 e. The highest BCUT2D eigenvalue weighted by Crippen LogP contribution is 2.33. The highest BCUT2D eigenvalue weighted by molar-refractivity contribution is 5.79. The number of fused-ring (bicyclic) bond motifs is 4. The third-order valence-electron chi connectivity index (χ3n) is 4.06. The fourth-order valence-electron chi connectivity index (χ4n) is 2.84. The van der Waals surface area contributed by atoms with Crippen LogP contribution in [-0.4, -0.2) is 37.5 Å². The molecular weight excluding hydrogens is 324 g/mol. The molecule has 0 amide bonds. The molecule has 0 atom stereocenters. The Kier molecular flexibility index (Phi) is 2.72. The lowest BCUT2D eigenvalue weighted by atomic mass is 10.2. The summed E-state index contributed by atoms with van der Waals surface area (Å²) in [4.78, 5) is 20.8. The summed E-state index contributed by atoms with van der Waals surface area (Å²) in [7, 11) is 0. The molecule has 0 radical (unpaired) electrons. The Labute approximate surface area is 140 Å². The molecule has 9 heteroatoms. The van der Waals surface area contributed by atoms with Crippen molar-refractivity contribution in [2.24, 2.45) is 0 Å². The smallest absolute Gasteiger partial charge is 0.279 e. The monoisotopic (exact) mass is 336 g/mol. The Balaban J connectivity index is 1.71. The van der Waals surface area contributed by atoms with Gasteiger partial charge in [0.05, 0.1) is 10.9 Å². The normalized spacial score (nSPS) is 13.4. The van der Waals surface area contributed by atoms with Gasteiger partial charge in [-0.3, -0.25) is 4.79 Å². The molecule has 1 aliphatic rings. The molecule has 0 unspecified atom stereocenters. The first-order valence-electron chi connectivity index (χ1n) is 7.63. The topological polar surface area (TPSA) is 110 Å². The van der Waals surface area contributed by atoms with E-state index in [9.17, 15) is 4.79 Å². The first-order valence-corrected chi connectivity index (χ1v) is 7.63. The lowest BCUT2D eigenvalue weighted by molar-refractivity contribution is 0.171. The molecule has 25 heavy (non-hydrogen) atoms. The van der Waals surface area contributed by atoms with Gasteiger partial charge in [0.15, 0.2) is 17.3 Å². The van der Waals surface area contributed by atoms with Crippen molar-refractivity contribution in [2.45, 2.75) is 0 Å². The van der Waals surface area contributed by atoms with Gasteiger partial charge in [0.1, 0.15) is 13.2 Å². The Hall–Kier alpha value is -3.62. The molecule has 4 heterocycles. The highest BCUT2D eigenvalue weighted by Gasteiger charge is 2.16. The molecule has 0 saturated heterocycles. The number of aromatic nitrogens is 5. The maximum Gasteiger partial charge on any atom is 0.279 e. The molecule has 0 fully saturated rings. The summed E-state index contributed by atoms with van der Waals surface area (Å²) < 4.78 is 13.7. The van der Waals surface area contributed by atoms with Gasteiger partial charge in [0.2, 0.25) is 0 Å². The standard InChI is InChI=1S/C16H12N6O3/c17-21-4-3-11-10(15(21)23)8-18-16-19-14(20-22(11)16)9-1-2-12-13(7-9)25-6-5-24-12/h1-4,7-8H,5-6,17H2. The van der Waals surface area contributed by atoms with Gasteiger partial charge >= 0.3 is 0 Å². The van der Waals surface area contributed by atoms with Crippen molar-refractivity contribution in [3.8, 4) is 22.9 Å². The summed E-state index contributed by atoms with van der Waals surface area (Å²) >= 11 is 0. The second-order valence-corrected chi connectivity index (χ2v) is 5.59. The fourth-order valence-corrected chi connectivity index (χ4v) is 2.84. The van der Waals surface area contributed by atoms with Crippen LogP contribution in [0.25, 0.3) is 28.1 Å². The fraction of sp³-hybridized carbons (Fsp3) is 0.125. The minimum absolute atomic E-state index is 0.344. The van der Waals surface area contributed by atoms with Crippen LogP contribution in [0, 0.1) is 0 Å². The molecule has 1 aromatic carbocycles. The minimum Gasteiger partial charge on any atom is -0.486 e. The van der Waals surface area contributed by atoms with E-state index in [2.05, 4.69) is 15.1 Å². The second-order valence-electron chi connectivity index (χ2n) is 5.59. The predicted molar refractivity (Wildman–Crippen MR) is 89.1 cm³/mol. The molecule has 0 aliphatic carbocycles. The number of hydrogen-bond acceptors (Lipinski definition) is 7. The third kappa shape index (κ3) is 2.02. The lowest BCUT2D eigenvalue weighted by Crippen LogP contribution is -2.26. The number of nitrogens with zero attached hydrogens (tertiary/aromatic N) is 5. The average Bonchev–Trinajstić information content (AvgIpc) is 3.09. The molecular formula is C16H12N6O3. The zero-order valence-corrected chi connectivity index (χ0v) is 12.9. The third-order valence-corrected chi connectivity index (χ3v) is 4.06. The molecule has 9 nitrogen and oxygen atoms in total. The summed E-state index contributed by atoms with van der Waals surface area (Å²) in [5.41, 5.74) is 1.02. The van der Waals surface area contributed by atoms with Gasteiger partial charge in [0.25, 0.3) is 11.3 Å². The number of nitrogens with two attached hydrogens (primary N) is 1. The summed E-state index contributed by atoms with van der Waals surface area (Å²) in [5, 5.41) is 4.86. The molecule has 124 valence electrons. The van der Waals surface area contributed by atoms with E-state index in [0.29, 0.717) is 47.2 Å². The summed E-state index contributed by atoms with van der Waals surface area (Å²) in [6.07, 6.45) is 2.94. The van der Waals surface area contributed by atoms with Gasteiger partial charge in [0, 0.05) is 18.0 Å². The van der Waals surface area contributed by atoms with Crippen molar-refractivity contribution in [3.05, 3.63) is 47.0 Å². The van der Waals surface area contributed by atoms with E-state index in [1.54, 1.807) is 6.07 Å². The Morgan fingerprint density at radius 3 is 2.84 bits per heavy atom. The van der Waals surface area contributed by atoms with E-state index in [-0.39, 0.29) is 5.56 Å². The Morgan fingerprint density at radius 1 is 1.12 bits per heavy atom. The number of nitrogen functional groups attached to an aromatic ring is 1. The van der Waals surface area contributed by atoms with Crippen LogP contribution in [0.4, 0.5) is 0 Å². The van der Waals surface area contributed by atoms with E-state index < -0.39 is 0 Å². The lowest BCUT2D eigenvalue weighted by Gasteiger charge is -2.18. The summed E-state index contributed by atoms with van der Waals surface area (Å²) in [5.74, 6) is 7.83. The van der Waals surface area contributed by atoms with Crippen LogP contribution >= 0.6 is 0 Å². The first-order chi connectivity index (χ1) is 12.2. The van der Waals surface area contributed by atoms with E-state index in [1.807, 2.05) is 18.2 Å². The van der Waals surface area contributed by atoms with Gasteiger partial charge < -0.3 is 15.3 Å². The number of ether oxygens (including phenoxy) is 2. The molecule has 3 aromatic heterocycles. The van der Waals surface area contributed by atoms with Crippen LogP contribution in [0.5, 0.6) is 11.5 Å². The maximum atomic E-state index is 12.1. The van der Waals surface area contributed by atoms with Crippen LogP contribution in [-0.2, 0) is 0 Å².